The van der Waals surface area contributed by atoms with Crippen LogP contribution in [0, 0.1) is 6.92 Å². The lowest BCUT2D eigenvalue weighted by Gasteiger charge is -1.68. The fourth-order valence-electron chi connectivity index (χ4n) is 0.344. The number of hydrogen-bond acceptors (Lipinski definition) is 2. The summed E-state index contributed by atoms with van der Waals surface area (Å²) in [5.74, 6) is 0.968. The zero-order valence-corrected chi connectivity index (χ0v) is 4.72. The molecule has 0 unspecified atom stereocenters. The van der Waals surface area contributed by atoms with Crippen LogP contribution in [0.25, 0.3) is 0 Å². The Morgan fingerprint density at radius 2 is 2.38 bits per heavy atom. The van der Waals surface area contributed by atoms with Crippen LogP contribution in [0.15, 0.2) is 12.4 Å². The molecule has 3 nitrogen and oxygen atoms in total. The van der Waals surface area contributed by atoms with Crippen LogP contribution >= 0.6 is 0 Å². The van der Waals surface area contributed by atoms with E-state index in [9.17, 15) is 0 Å². The molecule has 1 aromatic rings. The lowest BCUT2D eigenvalue weighted by Crippen LogP contribution is -1.66. The van der Waals surface area contributed by atoms with Crippen molar-refractivity contribution >= 4 is 6.79 Å². The molecule has 0 spiro atoms. The number of carbonyl (C=O) groups excluding carboxylic acids is 1. The molecule has 1 aromatic heterocycles. The molecule has 3 heteroatoms. The van der Waals surface area contributed by atoms with Gasteiger partial charge in [0, 0.05) is 12.4 Å². The van der Waals surface area contributed by atoms with Gasteiger partial charge in [-0.2, -0.15) is 0 Å². The summed E-state index contributed by atoms with van der Waals surface area (Å²) in [4.78, 5) is 14.8. The zero-order chi connectivity index (χ0) is 6.41. The van der Waals surface area contributed by atoms with Gasteiger partial charge in [-0.15, -0.1) is 0 Å². The summed E-state index contributed by atoms with van der Waals surface area (Å²) in [5, 5.41) is 0. The lowest BCUT2D eigenvalue weighted by molar-refractivity contribution is -0.0979. The Kier molecular flexibility index (Phi) is 3.48. The average molecular weight is 112 g/mol. The Hall–Kier alpha value is -1.12. The van der Waals surface area contributed by atoms with Crippen molar-refractivity contribution < 1.29 is 4.79 Å². The van der Waals surface area contributed by atoms with E-state index >= 15 is 0 Å². The van der Waals surface area contributed by atoms with Crippen LogP contribution in [-0.2, 0) is 4.79 Å². The van der Waals surface area contributed by atoms with Gasteiger partial charge in [-0.1, -0.05) is 0 Å². The van der Waals surface area contributed by atoms with E-state index in [4.69, 9.17) is 4.79 Å². The molecule has 0 fully saturated rings. The van der Waals surface area contributed by atoms with Crippen molar-refractivity contribution in [3.63, 3.8) is 0 Å². The molecule has 8 heavy (non-hydrogen) atoms. The summed E-state index contributed by atoms with van der Waals surface area (Å²) in [7, 11) is 0. The molecular weight excluding hydrogens is 104 g/mol. The summed E-state index contributed by atoms with van der Waals surface area (Å²) in [6.07, 6.45) is 3.53. The van der Waals surface area contributed by atoms with Gasteiger partial charge in [0.15, 0.2) is 0 Å². The number of carbonyl (C=O) groups is 1. The minimum absolute atomic E-state index is 0.968. The van der Waals surface area contributed by atoms with E-state index in [1.54, 1.807) is 12.4 Å². The first-order chi connectivity index (χ1) is 3.89. The van der Waals surface area contributed by atoms with Crippen molar-refractivity contribution in [2.24, 2.45) is 0 Å². The van der Waals surface area contributed by atoms with Gasteiger partial charge >= 0.3 is 0 Å². The molecule has 1 rings (SSSR count). The number of rotatable bonds is 0. The van der Waals surface area contributed by atoms with Crippen LogP contribution in [0.5, 0.6) is 0 Å². The SMILES string of the molecule is C=O.Cc1ncc[nH]1. The number of H-pyrrole nitrogens is 1. The van der Waals surface area contributed by atoms with Gasteiger partial charge in [-0.25, -0.2) is 4.98 Å². The standard InChI is InChI=1S/C4H6N2.CH2O/c1-4-5-2-3-6-4;1-2/h2-3H,1H3,(H,5,6);1H2. The van der Waals surface area contributed by atoms with E-state index in [-0.39, 0.29) is 0 Å². The maximum Gasteiger partial charge on any atom is 0.106 e. The molecule has 0 radical (unpaired) electrons. The van der Waals surface area contributed by atoms with Gasteiger partial charge < -0.3 is 9.78 Å². The second-order valence-corrected chi connectivity index (χ2v) is 1.17. The molecule has 0 atom stereocenters. The highest BCUT2D eigenvalue weighted by atomic mass is 16.1. The zero-order valence-electron chi connectivity index (χ0n) is 4.72. The van der Waals surface area contributed by atoms with Gasteiger partial charge in [-0.05, 0) is 6.92 Å². The van der Waals surface area contributed by atoms with Crippen LogP contribution < -0.4 is 0 Å². The molecule has 0 saturated carbocycles. The first kappa shape index (κ1) is 6.88. The van der Waals surface area contributed by atoms with Gasteiger partial charge in [-0.3, -0.25) is 0 Å². The molecule has 0 saturated heterocycles. The highest BCUT2D eigenvalue weighted by Crippen LogP contribution is 1.78. The molecule has 0 aromatic carbocycles. The van der Waals surface area contributed by atoms with E-state index in [2.05, 4.69) is 9.97 Å². The van der Waals surface area contributed by atoms with Crippen molar-refractivity contribution in [2.45, 2.75) is 6.92 Å². The molecule has 44 valence electrons. The lowest BCUT2D eigenvalue weighted by atomic mass is 10.8. The van der Waals surface area contributed by atoms with E-state index in [0.29, 0.717) is 0 Å². The molecule has 0 aliphatic heterocycles. The van der Waals surface area contributed by atoms with Gasteiger partial charge in [0.05, 0.1) is 0 Å². The largest absolute Gasteiger partial charge is 0.349 e. The van der Waals surface area contributed by atoms with E-state index < -0.39 is 0 Å². The molecule has 0 aliphatic carbocycles. The van der Waals surface area contributed by atoms with Crippen molar-refractivity contribution in [3.05, 3.63) is 18.2 Å². The topological polar surface area (TPSA) is 45.8 Å². The molecular formula is C5H8N2O. The number of hydrogen-bond donors (Lipinski definition) is 1. The Balaban J connectivity index is 0.000000222. The minimum atomic E-state index is 0.968. The van der Waals surface area contributed by atoms with E-state index in [1.165, 1.54) is 0 Å². The number of imidazole rings is 1. The number of aromatic nitrogens is 2. The third kappa shape index (κ3) is 2.12. The Morgan fingerprint density at radius 3 is 2.50 bits per heavy atom. The maximum absolute atomic E-state index is 8.00. The quantitative estimate of drug-likeness (QED) is 0.532. The minimum Gasteiger partial charge on any atom is -0.349 e. The van der Waals surface area contributed by atoms with Crippen LogP contribution in [0.1, 0.15) is 5.82 Å². The highest BCUT2D eigenvalue weighted by Gasteiger charge is 1.73. The van der Waals surface area contributed by atoms with Crippen LogP contribution in [0.4, 0.5) is 0 Å². The van der Waals surface area contributed by atoms with E-state index in [1.807, 2.05) is 13.7 Å². The third-order valence-corrected chi connectivity index (χ3v) is 0.635. The van der Waals surface area contributed by atoms with Crippen molar-refractivity contribution in [3.8, 4) is 0 Å². The average Bonchev–Trinajstić information content (AvgIpc) is 2.24. The van der Waals surface area contributed by atoms with Gasteiger partial charge in [0.2, 0.25) is 0 Å². The normalized spacial score (nSPS) is 7.12. The molecule has 0 bridgehead atoms. The molecule has 0 amide bonds. The van der Waals surface area contributed by atoms with Crippen molar-refractivity contribution in [1.82, 2.24) is 9.97 Å². The number of nitrogens with one attached hydrogen (secondary N) is 1. The van der Waals surface area contributed by atoms with Crippen LogP contribution in [-0.4, -0.2) is 16.8 Å². The number of aryl methyl sites for hydroxylation is 1. The van der Waals surface area contributed by atoms with E-state index in [0.717, 1.165) is 5.82 Å². The fourth-order valence-corrected chi connectivity index (χ4v) is 0.344. The monoisotopic (exact) mass is 112 g/mol. The van der Waals surface area contributed by atoms with Crippen LogP contribution in [0.2, 0.25) is 0 Å². The summed E-state index contributed by atoms with van der Waals surface area (Å²) in [6, 6.07) is 0. The van der Waals surface area contributed by atoms with Gasteiger partial charge in [0.1, 0.15) is 12.6 Å². The number of aromatic amines is 1. The summed E-state index contributed by atoms with van der Waals surface area (Å²) >= 11 is 0. The predicted octanol–water partition coefficient (Wildman–Crippen LogP) is 0.533. The Bertz CT molecular complexity index is 125. The van der Waals surface area contributed by atoms with Crippen molar-refractivity contribution in [1.29, 1.82) is 0 Å². The fraction of sp³-hybridized carbons (Fsp3) is 0.200. The maximum atomic E-state index is 8.00. The third-order valence-electron chi connectivity index (χ3n) is 0.635. The summed E-state index contributed by atoms with van der Waals surface area (Å²) in [5.41, 5.74) is 0. The number of nitrogens with zero attached hydrogens (tertiary/aromatic N) is 1. The molecule has 0 aliphatic rings. The van der Waals surface area contributed by atoms with Crippen LogP contribution in [0.3, 0.4) is 0 Å². The first-order valence-electron chi connectivity index (χ1n) is 2.14. The second kappa shape index (κ2) is 4.05. The smallest absolute Gasteiger partial charge is 0.106 e. The van der Waals surface area contributed by atoms with Gasteiger partial charge in [0.25, 0.3) is 0 Å². The summed E-state index contributed by atoms with van der Waals surface area (Å²) in [6.45, 7) is 3.92. The molecule has 1 heterocycles. The predicted molar refractivity (Wildman–Crippen MR) is 30.4 cm³/mol. The Labute approximate surface area is 47.8 Å². The highest BCUT2D eigenvalue weighted by molar-refractivity contribution is 5.10. The molecule has 1 N–H and O–H groups in total. The summed E-state index contributed by atoms with van der Waals surface area (Å²) < 4.78 is 0. The first-order valence-corrected chi connectivity index (χ1v) is 2.14. The Morgan fingerprint density at radius 1 is 1.75 bits per heavy atom. The second-order valence-electron chi connectivity index (χ2n) is 1.17. The van der Waals surface area contributed by atoms with Crippen molar-refractivity contribution in [2.75, 3.05) is 0 Å².